The maximum atomic E-state index is 13.8. The molecule has 7 heteroatoms. The van der Waals surface area contributed by atoms with Gasteiger partial charge < -0.3 is 21.5 Å². The molecule has 5 N–H and O–H groups in total. The Bertz CT molecular complexity index is 1880. The van der Waals surface area contributed by atoms with Crippen LogP contribution >= 0.6 is 0 Å². The molecule has 0 radical (unpaired) electrons. The lowest BCUT2D eigenvalue weighted by atomic mass is 9.86. The van der Waals surface area contributed by atoms with Gasteiger partial charge in [0.05, 0.1) is 11.3 Å². The smallest absolute Gasteiger partial charge is 0.326 e. The van der Waals surface area contributed by atoms with Crippen LogP contribution < -0.4 is 16.4 Å². The summed E-state index contributed by atoms with van der Waals surface area (Å²) < 4.78 is 0. The minimum atomic E-state index is -1.21. The predicted octanol–water partition coefficient (Wildman–Crippen LogP) is 7.45. The first-order valence-corrected chi connectivity index (χ1v) is 15.5. The molecule has 0 bridgehead atoms. The quantitative estimate of drug-likeness (QED) is 0.128. The lowest BCUT2D eigenvalue weighted by Crippen LogP contribution is -2.42. The van der Waals surface area contributed by atoms with Crippen molar-refractivity contribution in [3.05, 3.63) is 149 Å². The lowest BCUT2D eigenvalue weighted by molar-refractivity contribution is -0.139. The Morgan fingerprint density at radius 3 is 1.94 bits per heavy atom. The van der Waals surface area contributed by atoms with Crippen LogP contribution in [0, 0.1) is 0 Å². The Balaban J connectivity index is 1.42. The van der Waals surface area contributed by atoms with Crippen molar-refractivity contribution >= 4 is 23.5 Å². The molecular formula is C40H39N3O4. The van der Waals surface area contributed by atoms with Gasteiger partial charge in [-0.15, -0.1) is 0 Å². The zero-order valence-corrected chi connectivity index (χ0v) is 26.8. The fraction of sp³-hybridized carbons (Fsp3) is 0.175. The fourth-order valence-corrected chi connectivity index (χ4v) is 5.35. The number of hydrogen-bond donors (Lipinski definition) is 4. The standard InChI is InChI=1S/C40H39N3O4/c1-40(2,3)33-19-16-30(17-20-33)37(44)42-35-21-18-32(31-11-7-8-27(22-31)25-41)24-34(35)38(45)43-36(39(46)47)23-26-12-14-29(15-13-26)28-9-5-4-6-10-28/h4-22,24,36H,23,25,41H2,1-3H3,(H,42,44)(H,43,45)(H,46,47)/t36-/m0/s1. The van der Waals surface area contributed by atoms with Gasteiger partial charge in [0.25, 0.3) is 11.8 Å². The van der Waals surface area contributed by atoms with Crippen molar-refractivity contribution in [3.63, 3.8) is 0 Å². The van der Waals surface area contributed by atoms with Crippen molar-refractivity contribution in [2.24, 2.45) is 5.73 Å². The molecule has 0 fully saturated rings. The third-order valence-corrected chi connectivity index (χ3v) is 8.13. The van der Waals surface area contributed by atoms with E-state index >= 15 is 0 Å². The molecule has 0 spiro atoms. The Hall–Kier alpha value is -5.53. The summed E-state index contributed by atoms with van der Waals surface area (Å²) in [4.78, 5) is 39.6. The van der Waals surface area contributed by atoms with E-state index in [2.05, 4.69) is 31.4 Å². The Labute approximate surface area is 275 Å². The number of aliphatic carboxylic acids is 1. The SMILES string of the molecule is CC(C)(C)c1ccc(C(=O)Nc2ccc(-c3cccc(CN)c3)cc2C(=O)N[C@@H](Cc2ccc(-c3ccccc3)cc2)C(=O)O)cc1. The number of anilines is 1. The molecule has 5 aromatic carbocycles. The van der Waals surface area contributed by atoms with E-state index in [1.165, 1.54) is 0 Å². The van der Waals surface area contributed by atoms with Crippen LogP contribution in [0.2, 0.25) is 0 Å². The normalized spacial score (nSPS) is 11.8. The molecule has 5 aromatic rings. The molecule has 0 unspecified atom stereocenters. The Morgan fingerprint density at radius 1 is 0.681 bits per heavy atom. The van der Waals surface area contributed by atoms with Crippen molar-refractivity contribution in [1.82, 2.24) is 5.32 Å². The number of carboxylic acids is 1. The second-order valence-corrected chi connectivity index (χ2v) is 12.6. The van der Waals surface area contributed by atoms with Crippen LogP contribution in [0.5, 0.6) is 0 Å². The molecule has 0 aliphatic heterocycles. The zero-order chi connectivity index (χ0) is 33.6. The fourth-order valence-electron chi connectivity index (χ4n) is 5.35. The number of carboxylic acid groups (broad SMARTS) is 1. The third-order valence-electron chi connectivity index (χ3n) is 8.13. The zero-order valence-electron chi connectivity index (χ0n) is 26.8. The first-order valence-electron chi connectivity index (χ1n) is 15.5. The van der Waals surface area contributed by atoms with Crippen molar-refractivity contribution < 1.29 is 19.5 Å². The van der Waals surface area contributed by atoms with Crippen LogP contribution in [0.15, 0.2) is 121 Å². The van der Waals surface area contributed by atoms with Crippen LogP contribution in [0.3, 0.4) is 0 Å². The van der Waals surface area contributed by atoms with Crippen molar-refractivity contribution in [3.8, 4) is 22.3 Å². The van der Waals surface area contributed by atoms with Gasteiger partial charge in [-0.2, -0.15) is 0 Å². The molecule has 238 valence electrons. The number of hydrogen-bond acceptors (Lipinski definition) is 4. The Morgan fingerprint density at radius 2 is 1.30 bits per heavy atom. The first kappa shape index (κ1) is 32.9. The molecule has 47 heavy (non-hydrogen) atoms. The third kappa shape index (κ3) is 8.20. The van der Waals surface area contributed by atoms with E-state index in [4.69, 9.17) is 5.73 Å². The lowest BCUT2D eigenvalue weighted by Gasteiger charge is -2.19. The number of benzene rings is 5. The molecule has 0 saturated carbocycles. The topological polar surface area (TPSA) is 122 Å². The largest absolute Gasteiger partial charge is 0.480 e. The van der Waals surface area contributed by atoms with E-state index in [0.717, 1.165) is 38.9 Å². The van der Waals surface area contributed by atoms with Crippen LogP contribution in [0.25, 0.3) is 22.3 Å². The maximum absolute atomic E-state index is 13.8. The molecule has 2 amide bonds. The molecule has 7 nitrogen and oxygen atoms in total. The summed E-state index contributed by atoms with van der Waals surface area (Å²) >= 11 is 0. The molecule has 0 saturated heterocycles. The minimum Gasteiger partial charge on any atom is -0.480 e. The van der Waals surface area contributed by atoms with Gasteiger partial charge in [-0.1, -0.05) is 112 Å². The maximum Gasteiger partial charge on any atom is 0.326 e. The van der Waals surface area contributed by atoms with E-state index < -0.39 is 17.9 Å². The number of rotatable bonds is 10. The summed E-state index contributed by atoms with van der Waals surface area (Å²) in [6.45, 7) is 6.65. The van der Waals surface area contributed by atoms with Gasteiger partial charge in [0, 0.05) is 18.5 Å². The van der Waals surface area contributed by atoms with Gasteiger partial charge in [-0.05, 0) is 74.7 Å². The number of amides is 2. The van der Waals surface area contributed by atoms with Gasteiger partial charge in [0.1, 0.15) is 6.04 Å². The average Bonchev–Trinajstić information content (AvgIpc) is 3.08. The van der Waals surface area contributed by atoms with Gasteiger partial charge in [-0.25, -0.2) is 4.79 Å². The first-order chi connectivity index (χ1) is 22.5. The highest BCUT2D eigenvalue weighted by molar-refractivity contribution is 6.10. The second kappa shape index (κ2) is 14.3. The molecule has 0 aromatic heterocycles. The van der Waals surface area contributed by atoms with Gasteiger partial charge in [-0.3, -0.25) is 9.59 Å². The van der Waals surface area contributed by atoms with Crippen LogP contribution in [-0.4, -0.2) is 28.9 Å². The molecule has 0 heterocycles. The predicted molar refractivity (Wildman–Crippen MR) is 187 cm³/mol. The average molecular weight is 626 g/mol. The van der Waals surface area contributed by atoms with Crippen molar-refractivity contribution in [2.45, 2.75) is 45.2 Å². The highest BCUT2D eigenvalue weighted by Crippen LogP contribution is 2.28. The second-order valence-electron chi connectivity index (χ2n) is 12.6. The van der Waals surface area contributed by atoms with Crippen LogP contribution in [0.4, 0.5) is 5.69 Å². The monoisotopic (exact) mass is 625 g/mol. The number of nitrogens with two attached hydrogens (primary N) is 1. The summed E-state index contributed by atoms with van der Waals surface area (Å²) in [6, 6.07) is 36.4. The molecule has 0 aliphatic rings. The summed E-state index contributed by atoms with van der Waals surface area (Å²) in [7, 11) is 0. The molecule has 1 atom stereocenters. The van der Waals surface area contributed by atoms with E-state index in [1.807, 2.05) is 97.1 Å². The summed E-state index contributed by atoms with van der Waals surface area (Å²) in [5, 5.41) is 15.7. The molecular weight excluding hydrogens is 586 g/mol. The van der Waals surface area contributed by atoms with Crippen molar-refractivity contribution in [2.75, 3.05) is 5.32 Å². The molecule has 0 aliphatic carbocycles. The van der Waals surface area contributed by atoms with E-state index in [1.54, 1.807) is 24.3 Å². The van der Waals surface area contributed by atoms with Crippen LogP contribution in [0.1, 0.15) is 58.2 Å². The molecule has 5 rings (SSSR count). The highest BCUT2D eigenvalue weighted by atomic mass is 16.4. The van der Waals surface area contributed by atoms with Crippen molar-refractivity contribution in [1.29, 1.82) is 0 Å². The summed E-state index contributed by atoms with van der Waals surface area (Å²) in [5.74, 6) is -2.17. The number of carbonyl (C=O) groups excluding carboxylic acids is 2. The van der Waals surface area contributed by atoms with Gasteiger partial charge >= 0.3 is 5.97 Å². The van der Waals surface area contributed by atoms with Gasteiger partial charge in [0.15, 0.2) is 0 Å². The van der Waals surface area contributed by atoms with Gasteiger partial charge in [0.2, 0.25) is 0 Å². The summed E-state index contributed by atoms with van der Waals surface area (Å²) in [6.07, 6.45) is 0.0796. The Kier molecular flexibility index (Phi) is 9.97. The van der Waals surface area contributed by atoms with E-state index in [9.17, 15) is 19.5 Å². The van der Waals surface area contributed by atoms with E-state index in [0.29, 0.717) is 12.1 Å². The minimum absolute atomic E-state index is 0.0675. The highest BCUT2D eigenvalue weighted by Gasteiger charge is 2.24. The summed E-state index contributed by atoms with van der Waals surface area (Å²) in [5.41, 5.74) is 13.0. The van der Waals surface area contributed by atoms with E-state index in [-0.39, 0.29) is 29.0 Å². The number of nitrogens with one attached hydrogen (secondary N) is 2. The van der Waals surface area contributed by atoms with Crippen LogP contribution in [-0.2, 0) is 23.2 Å². The number of carbonyl (C=O) groups is 3.